The monoisotopic (exact) mass is 350 g/mol. The Kier molecular flexibility index (Phi) is 4.54. The fourth-order valence-corrected chi connectivity index (χ4v) is 3.54. The van der Waals surface area contributed by atoms with Crippen LogP contribution in [0.25, 0.3) is 0 Å². The Hall–Kier alpha value is -0.290. The Bertz CT molecular complexity index is 458. The molecule has 1 fully saturated rings. The fourth-order valence-electron chi connectivity index (χ4n) is 2.13. The number of halogens is 3. The lowest BCUT2D eigenvalue weighted by Gasteiger charge is -2.20. The number of hydrogen-bond donors (Lipinski definition) is 1. The van der Waals surface area contributed by atoms with Crippen molar-refractivity contribution in [2.45, 2.75) is 19.4 Å². The van der Waals surface area contributed by atoms with E-state index >= 15 is 0 Å². The van der Waals surface area contributed by atoms with E-state index < -0.39 is 0 Å². The van der Waals surface area contributed by atoms with Crippen LogP contribution in [0.2, 0.25) is 10.0 Å². The smallest absolute Gasteiger partial charge is 0.244 e. The largest absolute Gasteiger partial charge is 0.308 e. The number of carbonyl (C=O) groups excluding carboxylic acids is 1. The van der Waals surface area contributed by atoms with Gasteiger partial charge >= 0.3 is 0 Å². The van der Waals surface area contributed by atoms with Crippen LogP contribution in [0, 0.1) is 0 Å². The average Bonchev–Trinajstić information content (AvgIpc) is 2.61. The van der Waals surface area contributed by atoms with E-state index in [4.69, 9.17) is 23.2 Å². The van der Waals surface area contributed by atoms with Gasteiger partial charge in [-0.25, -0.2) is 0 Å². The number of nitrogens with one attached hydrogen (secondary N) is 1. The molecule has 0 bridgehead atoms. The molecule has 18 heavy (non-hydrogen) atoms. The molecule has 98 valence electrons. The van der Waals surface area contributed by atoms with Gasteiger partial charge < -0.3 is 10.2 Å². The van der Waals surface area contributed by atoms with E-state index in [1.54, 1.807) is 17.0 Å². The van der Waals surface area contributed by atoms with Crippen LogP contribution in [0.15, 0.2) is 16.6 Å². The summed E-state index contributed by atoms with van der Waals surface area (Å²) >= 11 is 15.7. The highest BCUT2D eigenvalue weighted by Crippen LogP contribution is 2.38. The lowest BCUT2D eigenvalue weighted by Crippen LogP contribution is -2.38. The summed E-state index contributed by atoms with van der Waals surface area (Å²) < 4.78 is 0.802. The molecule has 0 aromatic heterocycles. The van der Waals surface area contributed by atoms with Gasteiger partial charge in [-0.05, 0) is 25.1 Å². The number of benzene rings is 1. The van der Waals surface area contributed by atoms with Gasteiger partial charge in [0.15, 0.2) is 0 Å². The van der Waals surface area contributed by atoms with Crippen molar-refractivity contribution in [3.05, 3.63) is 26.7 Å². The van der Waals surface area contributed by atoms with E-state index in [1.807, 2.05) is 6.92 Å². The minimum Gasteiger partial charge on any atom is -0.308 e. The highest BCUT2D eigenvalue weighted by molar-refractivity contribution is 9.10. The van der Waals surface area contributed by atoms with Gasteiger partial charge in [-0.1, -0.05) is 46.1 Å². The maximum absolute atomic E-state index is 12.2. The van der Waals surface area contributed by atoms with E-state index in [1.165, 1.54) is 0 Å². The van der Waals surface area contributed by atoms with Crippen molar-refractivity contribution >= 4 is 50.7 Å². The van der Waals surface area contributed by atoms with Crippen LogP contribution in [0.5, 0.6) is 0 Å². The van der Waals surface area contributed by atoms with Crippen molar-refractivity contribution in [3.8, 4) is 0 Å². The molecule has 1 N–H and O–H groups in total. The van der Waals surface area contributed by atoms with Crippen LogP contribution >= 0.6 is 39.1 Å². The number of carbonyl (C=O) groups is 1. The number of rotatable bonds is 3. The van der Waals surface area contributed by atoms with Gasteiger partial charge in [0.25, 0.3) is 0 Å². The topological polar surface area (TPSA) is 32.3 Å². The second-order valence-electron chi connectivity index (χ2n) is 4.11. The van der Waals surface area contributed by atoms with Crippen molar-refractivity contribution in [2.75, 3.05) is 18.0 Å². The Balaban J connectivity index is 2.31. The zero-order chi connectivity index (χ0) is 13.3. The summed E-state index contributed by atoms with van der Waals surface area (Å²) in [7, 11) is 0. The molecule has 1 saturated heterocycles. The third kappa shape index (κ3) is 2.67. The summed E-state index contributed by atoms with van der Waals surface area (Å²) in [6.45, 7) is 3.39. The minimum atomic E-state index is -0.134. The molecule has 0 saturated carbocycles. The quantitative estimate of drug-likeness (QED) is 0.904. The van der Waals surface area contributed by atoms with Crippen molar-refractivity contribution in [3.63, 3.8) is 0 Å². The summed E-state index contributed by atoms with van der Waals surface area (Å²) in [5.41, 5.74) is 0.604. The molecule has 1 amide bonds. The highest BCUT2D eigenvalue weighted by atomic mass is 79.9. The maximum Gasteiger partial charge on any atom is 0.244 e. The lowest BCUT2D eigenvalue weighted by molar-refractivity contribution is -0.118. The average molecular weight is 352 g/mol. The summed E-state index contributed by atoms with van der Waals surface area (Å²) in [5, 5.41) is 4.13. The molecular formula is C12H13BrCl2N2O. The van der Waals surface area contributed by atoms with Crippen molar-refractivity contribution in [1.82, 2.24) is 5.32 Å². The molecule has 1 heterocycles. The Morgan fingerprint density at radius 3 is 2.61 bits per heavy atom. The molecule has 1 aromatic carbocycles. The molecule has 1 unspecified atom stereocenters. The zero-order valence-corrected chi connectivity index (χ0v) is 12.9. The normalized spacial score (nSPS) is 19.7. The van der Waals surface area contributed by atoms with E-state index in [-0.39, 0.29) is 11.9 Å². The Morgan fingerprint density at radius 1 is 1.44 bits per heavy atom. The maximum atomic E-state index is 12.2. The van der Waals surface area contributed by atoms with Gasteiger partial charge in [-0.3, -0.25) is 4.79 Å². The molecule has 0 aliphatic carbocycles. The highest BCUT2D eigenvalue weighted by Gasteiger charge is 2.33. The van der Waals surface area contributed by atoms with Crippen LogP contribution in [-0.4, -0.2) is 25.0 Å². The molecule has 0 radical (unpaired) electrons. The summed E-state index contributed by atoms with van der Waals surface area (Å²) in [5.74, 6) is 0.0305. The van der Waals surface area contributed by atoms with Gasteiger partial charge in [-0.15, -0.1) is 0 Å². The van der Waals surface area contributed by atoms with E-state index in [0.717, 1.165) is 17.4 Å². The predicted octanol–water partition coefficient (Wildman–Crippen LogP) is 3.47. The van der Waals surface area contributed by atoms with Crippen LogP contribution < -0.4 is 10.2 Å². The second-order valence-corrected chi connectivity index (χ2v) is 5.84. The fraction of sp³-hybridized carbons (Fsp3) is 0.417. The third-order valence-electron chi connectivity index (χ3n) is 2.91. The molecular weight excluding hydrogens is 339 g/mol. The first kappa shape index (κ1) is 14.1. The predicted molar refractivity (Wildman–Crippen MR) is 78.6 cm³/mol. The summed E-state index contributed by atoms with van der Waals surface area (Å²) in [6, 6.07) is 3.36. The molecule has 1 aliphatic heterocycles. The zero-order valence-electron chi connectivity index (χ0n) is 9.84. The van der Waals surface area contributed by atoms with Gasteiger partial charge in [-0.2, -0.15) is 0 Å². The van der Waals surface area contributed by atoms with Gasteiger partial charge in [0.1, 0.15) is 0 Å². The number of nitrogens with zero attached hydrogens (tertiary/aromatic N) is 1. The minimum absolute atomic E-state index is 0.0305. The van der Waals surface area contributed by atoms with E-state index in [9.17, 15) is 4.79 Å². The van der Waals surface area contributed by atoms with Gasteiger partial charge in [0, 0.05) is 11.0 Å². The van der Waals surface area contributed by atoms with Crippen LogP contribution in [-0.2, 0) is 4.79 Å². The third-order valence-corrected chi connectivity index (χ3v) is 3.94. The second kappa shape index (κ2) is 5.78. The summed E-state index contributed by atoms with van der Waals surface area (Å²) in [4.78, 5) is 13.9. The SMILES string of the molecule is CCNC1CCN(c2c(Cl)cc(Br)cc2Cl)C1=O. The Morgan fingerprint density at radius 2 is 2.06 bits per heavy atom. The first-order valence-electron chi connectivity index (χ1n) is 5.74. The van der Waals surface area contributed by atoms with E-state index in [2.05, 4.69) is 21.2 Å². The number of likely N-dealkylation sites (N-methyl/N-ethyl adjacent to an activating group) is 1. The van der Waals surface area contributed by atoms with Gasteiger partial charge in [0.05, 0.1) is 21.8 Å². The number of anilines is 1. The molecule has 1 aromatic rings. The first-order valence-corrected chi connectivity index (χ1v) is 7.28. The van der Waals surface area contributed by atoms with Crippen molar-refractivity contribution < 1.29 is 4.79 Å². The molecule has 2 rings (SSSR count). The lowest BCUT2D eigenvalue weighted by atomic mass is 10.2. The van der Waals surface area contributed by atoms with Crippen LogP contribution in [0.4, 0.5) is 5.69 Å². The van der Waals surface area contributed by atoms with Gasteiger partial charge in [0.2, 0.25) is 5.91 Å². The molecule has 0 spiro atoms. The van der Waals surface area contributed by atoms with E-state index in [0.29, 0.717) is 22.3 Å². The van der Waals surface area contributed by atoms with Crippen molar-refractivity contribution in [1.29, 1.82) is 0 Å². The number of hydrogen-bond acceptors (Lipinski definition) is 2. The van der Waals surface area contributed by atoms with Crippen molar-refractivity contribution in [2.24, 2.45) is 0 Å². The molecule has 1 aliphatic rings. The molecule has 3 nitrogen and oxygen atoms in total. The van der Waals surface area contributed by atoms with Crippen LogP contribution in [0.1, 0.15) is 13.3 Å². The first-order chi connectivity index (χ1) is 8.54. The molecule has 1 atom stereocenters. The van der Waals surface area contributed by atoms with Crippen LogP contribution in [0.3, 0.4) is 0 Å². The summed E-state index contributed by atoms with van der Waals surface area (Å²) in [6.07, 6.45) is 0.773. The number of amides is 1. The Labute approximate surface area is 125 Å². The molecule has 6 heteroatoms. The standard InChI is InChI=1S/C12H13BrCl2N2O/c1-2-16-10-3-4-17(12(10)18)11-8(14)5-7(13)6-9(11)15/h5-6,10,16H,2-4H2,1H3.